The van der Waals surface area contributed by atoms with Gasteiger partial charge in [-0.15, -0.1) is 0 Å². The van der Waals surface area contributed by atoms with Gasteiger partial charge >= 0.3 is 5.97 Å². The van der Waals surface area contributed by atoms with Crippen molar-refractivity contribution in [1.29, 1.82) is 0 Å². The van der Waals surface area contributed by atoms with Gasteiger partial charge in [-0.1, -0.05) is 76.5 Å². The van der Waals surface area contributed by atoms with Crippen LogP contribution in [0.25, 0.3) is 0 Å². The van der Waals surface area contributed by atoms with Gasteiger partial charge in [0.25, 0.3) is 10.1 Å². The lowest BCUT2D eigenvalue weighted by Crippen LogP contribution is -2.15. The summed E-state index contributed by atoms with van der Waals surface area (Å²) in [6, 6.07) is 7.98. The molecule has 0 aliphatic rings. The molecule has 1 aromatic carbocycles. The largest absolute Gasteiger partial charge is 0.463 e. The fourth-order valence-corrected chi connectivity index (χ4v) is 4.62. The van der Waals surface area contributed by atoms with E-state index in [1.165, 1.54) is 57.1 Å². The van der Waals surface area contributed by atoms with Crippen LogP contribution in [0, 0.1) is 0 Å². The summed E-state index contributed by atoms with van der Waals surface area (Å²) in [6.07, 6.45) is 11.5. The number of hydrogen-bond donors (Lipinski definition) is 0. The molecule has 0 fully saturated rings. The van der Waals surface area contributed by atoms with E-state index in [0.717, 1.165) is 12.8 Å². The van der Waals surface area contributed by atoms with Crippen LogP contribution in [0.2, 0.25) is 0 Å². The maximum absolute atomic E-state index is 11.9. The van der Waals surface area contributed by atoms with Gasteiger partial charge in [-0.05, 0) is 18.6 Å². The fraction of sp³-hybridized carbons (Fsp3) is 0.767. The molecule has 41 heavy (non-hydrogen) atoms. The highest BCUT2D eigenvalue weighted by atomic mass is 32.2. The van der Waals surface area contributed by atoms with E-state index in [1.54, 1.807) is 18.2 Å². The molecule has 0 saturated carbocycles. The van der Waals surface area contributed by atoms with Crippen molar-refractivity contribution in [1.82, 2.24) is 0 Å². The van der Waals surface area contributed by atoms with E-state index in [4.69, 9.17) is 32.6 Å². The number of ether oxygens (including phenoxy) is 6. The second kappa shape index (κ2) is 27.2. The normalized spacial score (nSPS) is 11.6. The molecule has 238 valence electrons. The summed E-state index contributed by atoms with van der Waals surface area (Å²) in [6.45, 7) is 6.29. The maximum Gasteiger partial charge on any atom is 0.305 e. The van der Waals surface area contributed by atoms with E-state index < -0.39 is 10.1 Å². The molecule has 0 N–H and O–H groups in total. The molecule has 0 aliphatic carbocycles. The highest BCUT2D eigenvalue weighted by Gasteiger charge is 2.13. The number of hydrogen-bond acceptors (Lipinski definition) is 10. The van der Waals surface area contributed by atoms with Crippen molar-refractivity contribution < 1.29 is 45.8 Å². The van der Waals surface area contributed by atoms with E-state index in [-0.39, 0.29) is 30.7 Å². The third kappa shape index (κ3) is 23.6. The lowest BCUT2D eigenvalue weighted by Gasteiger charge is -2.09. The molecule has 0 heterocycles. The molecule has 0 unspecified atom stereocenters. The molecular formula is C30H52O10S. The van der Waals surface area contributed by atoms with Crippen LogP contribution in [0.3, 0.4) is 0 Å². The Bertz CT molecular complexity index is 820. The summed E-state index contributed by atoms with van der Waals surface area (Å²) in [5.74, 6) is -0.150. The van der Waals surface area contributed by atoms with Crippen molar-refractivity contribution in [2.24, 2.45) is 0 Å². The summed E-state index contributed by atoms with van der Waals surface area (Å²) in [5.41, 5.74) is 0. The first kappa shape index (κ1) is 37.4. The average molecular weight is 605 g/mol. The van der Waals surface area contributed by atoms with Gasteiger partial charge in [0, 0.05) is 6.42 Å². The highest BCUT2D eigenvalue weighted by molar-refractivity contribution is 7.86. The predicted octanol–water partition coefficient (Wildman–Crippen LogP) is 4.94. The van der Waals surface area contributed by atoms with Gasteiger partial charge < -0.3 is 28.4 Å². The number of carbonyl (C=O) groups excluding carboxylic acids is 1. The van der Waals surface area contributed by atoms with Crippen molar-refractivity contribution in [3.8, 4) is 0 Å². The van der Waals surface area contributed by atoms with Crippen molar-refractivity contribution in [3.63, 3.8) is 0 Å². The Labute approximate surface area is 247 Å². The molecule has 0 bridgehead atoms. The molecule has 0 spiro atoms. The third-order valence-electron chi connectivity index (χ3n) is 5.96. The lowest BCUT2D eigenvalue weighted by atomic mass is 10.1. The summed E-state index contributed by atoms with van der Waals surface area (Å²) in [5, 5.41) is 0. The first-order chi connectivity index (χ1) is 20.1. The molecule has 0 amide bonds. The highest BCUT2D eigenvalue weighted by Crippen LogP contribution is 2.11. The number of rotatable bonds is 30. The molecule has 1 rings (SSSR count). The quantitative estimate of drug-likeness (QED) is 0.0679. The number of benzene rings is 1. The number of esters is 1. The monoisotopic (exact) mass is 604 g/mol. The smallest absolute Gasteiger partial charge is 0.305 e. The van der Waals surface area contributed by atoms with Gasteiger partial charge in [-0.2, -0.15) is 8.42 Å². The second-order valence-electron chi connectivity index (χ2n) is 9.45. The molecule has 11 heteroatoms. The van der Waals surface area contributed by atoms with Crippen molar-refractivity contribution in [2.45, 2.75) is 76.0 Å². The Balaban J connectivity index is 1.73. The first-order valence-corrected chi connectivity index (χ1v) is 16.5. The predicted molar refractivity (Wildman–Crippen MR) is 156 cm³/mol. The number of unbranched alkanes of at least 4 members (excludes halogenated alkanes) is 8. The minimum atomic E-state index is -3.75. The van der Waals surface area contributed by atoms with E-state index in [0.29, 0.717) is 65.9 Å². The minimum absolute atomic E-state index is 0.0573. The molecule has 0 aromatic heterocycles. The van der Waals surface area contributed by atoms with Gasteiger partial charge in [-0.3, -0.25) is 8.98 Å². The maximum atomic E-state index is 11.9. The first-order valence-electron chi connectivity index (χ1n) is 15.0. The zero-order valence-corrected chi connectivity index (χ0v) is 25.8. The van der Waals surface area contributed by atoms with Crippen molar-refractivity contribution in [3.05, 3.63) is 30.3 Å². The number of carbonyl (C=O) groups is 1. The molecular weight excluding hydrogens is 552 g/mol. The van der Waals surface area contributed by atoms with Crippen LogP contribution in [0.5, 0.6) is 0 Å². The van der Waals surface area contributed by atoms with Crippen LogP contribution < -0.4 is 0 Å². The third-order valence-corrected chi connectivity index (χ3v) is 7.29. The van der Waals surface area contributed by atoms with E-state index >= 15 is 0 Å². The molecule has 1 aromatic rings. The average Bonchev–Trinajstić information content (AvgIpc) is 2.98. The van der Waals surface area contributed by atoms with Gasteiger partial charge in [0.15, 0.2) is 0 Å². The molecule has 0 atom stereocenters. The standard InChI is InChI=1S/C30H52O10S/c1-2-3-4-5-6-7-8-9-13-16-30(31)39-27-25-37-23-21-35-19-17-34-18-20-36-22-24-38-26-28-40-41(32,33)29-14-11-10-12-15-29/h10-12,14-15H,2-9,13,16-28H2,1H3. The van der Waals surface area contributed by atoms with Crippen LogP contribution in [0.4, 0.5) is 0 Å². The topological polar surface area (TPSA) is 116 Å². The van der Waals surface area contributed by atoms with Gasteiger partial charge in [0.1, 0.15) is 6.61 Å². The van der Waals surface area contributed by atoms with Crippen molar-refractivity contribution >= 4 is 16.1 Å². The van der Waals surface area contributed by atoms with E-state index in [1.807, 2.05) is 0 Å². The Morgan fingerprint density at radius 3 is 1.46 bits per heavy atom. The van der Waals surface area contributed by atoms with E-state index in [2.05, 4.69) is 6.92 Å². The minimum Gasteiger partial charge on any atom is -0.463 e. The van der Waals surface area contributed by atoms with Crippen LogP contribution in [-0.4, -0.2) is 93.7 Å². The van der Waals surface area contributed by atoms with Crippen LogP contribution in [0.15, 0.2) is 35.2 Å². The molecule has 0 aliphatic heterocycles. The summed E-state index contributed by atoms with van der Waals surface area (Å²) in [7, 11) is -3.75. The Hall–Kier alpha value is -1.60. The Morgan fingerprint density at radius 2 is 0.976 bits per heavy atom. The SMILES string of the molecule is CCCCCCCCCCCC(=O)OCCOCCOCCOCCOCCOCCOS(=O)(=O)c1ccccc1. The van der Waals surface area contributed by atoms with Gasteiger partial charge in [0.05, 0.1) is 77.6 Å². The molecule has 10 nitrogen and oxygen atoms in total. The lowest BCUT2D eigenvalue weighted by molar-refractivity contribution is -0.145. The van der Waals surface area contributed by atoms with E-state index in [9.17, 15) is 13.2 Å². The second-order valence-corrected chi connectivity index (χ2v) is 11.1. The molecule has 0 saturated heterocycles. The summed E-state index contributed by atoms with van der Waals surface area (Å²) < 4.78 is 61.0. The fourth-order valence-electron chi connectivity index (χ4n) is 3.71. The van der Waals surface area contributed by atoms with Crippen LogP contribution in [-0.2, 0) is 47.5 Å². The van der Waals surface area contributed by atoms with Crippen LogP contribution in [0.1, 0.15) is 71.1 Å². The Morgan fingerprint density at radius 1 is 0.561 bits per heavy atom. The van der Waals surface area contributed by atoms with Crippen LogP contribution >= 0.6 is 0 Å². The zero-order valence-electron chi connectivity index (χ0n) is 24.9. The summed E-state index contributed by atoms with van der Waals surface area (Å²) >= 11 is 0. The zero-order chi connectivity index (χ0) is 29.7. The summed E-state index contributed by atoms with van der Waals surface area (Å²) in [4.78, 5) is 11.9. The van der Waals surface area contributed by atoms with Gasteiger partial charge in [-0.25, -0.2) is 0 Å². The Kier molecular flexibility index (Phi) is 24.9. The molecule has 0 radical (unpaired) electrons. The van der Waals surface area contributed by atoms with Gasteiger partial charge in [0.2, 0.25) is 0 Å². The van der Waals surface area contributed by atoms with Crippen molar-refractivity contribution in [2.75, 3.05) is 79.3 Å².